The average molecular weight is 376 g/mol. The Morgan fingerprint density at radius 3 is 2.12 bits per heavy atom. The number of quaternary nitrogens is 1. The van der Waals surface area contributed by atoms with Crippen molar-refractivity contribution in [2.75, 3.05) is 25.5 Å². The minimum absolute atomic E-state index is 0.0424. The number of anilines is 1. The molecule has 6 nitrogen and oxygen atoms in total. The van der Waals surface area contributed by atoms with Crippen LogP contribution in [0.4, 0.5) is 18.9 Å². The summed E-state index contributed by atoms with van der Waals surface area (Å²) < 4.78 is 40.1. The summed E-state index contributed by atoms with van der Waals surface area (Å²) in [5.74, 6) is -0.876. The Bertz CT molecular complexity index is 616. The van der Waals surface area contributed by atoms with Gasteiger partial charge in [0.05, 0.1) is 7.05 Å². The molecule has 146 valence electrons. The van der Waals surface area contributed by atoms with Crippen molar-refractivity contribution in [3.05, 3.63) is 24.3 Å². The van der Waals surface area contributed by atoms with Gasteiger partial charge in [0.2, 0.25) is 0 Å². The molecule has 0 aromatic heterocycles. The molecule has 0 aliphatic heterocycles. The minimum atomic E-state index is -4.76. The van der Waals surface area contributed by atoms with Gasteiger partial charge in [0.15, 0.2) is 13.1 Å². The average Bonchev–Trinajstić information content (AvgIpc) is 2.46. The number of hydrogen-bond donors (Lipinski definition) is 3. The van der Waals surface area contributed by atoms with Crippen LogP contribution in [0.3, 0.4) is 0 Å². The summed E-state index contributed by atoms with van der Waals surface area (Å²) in [5, 5.41) is 5.45. The fraction of sp³-hybridized carbons (Fsp3) is 0.529. The van der Waals surface area contributed by atoms with Crippen molar-refractivity contribution in [1.29, 1.82) is 0 Å². The zero-order chi connectivity index (χ0) is 20.0. The number of rotatable bonds is 8. The van der Waals surface area contributed by atoms with Gasteiger partial charge in [-0.15, -0.1) is 13.2 Å². The molecule has 0 aliphatic carbocycles. The van der Waals surface area contributed by atoms with Gasteiger partial charge in [-0.05, 0) is 44.5 Å². The highest BCUT2D eigenvalue weighted by Gasteiger charge is 2.31. The number of likely N-dealkylation sites (N-methyl/N-ethyl adjacent to an activating group) is 1. The maximum Gasteiger partial charge on any atom is 0.573 e. The quantitative estimate of drug-likeness (QED) is 0.641. The molecule has 0 radical (unpaired) electrons. The lowest BCUT2D eigenvalue weighted by Crippen LogP contribution is -3.11. The van der Waals surface area contributed by atoms with Gasteiger partial charge in [-0.2, -0.15) is 0 Å². The van der Waals surface area contributed by atoms with Crippen LogP contribution in [0.1, 0.15) is 27.2 Å². The smallest absolute Gasteiger partial charge is 0.406 e. The van der Waals surface area contributed by atoms with E-state index in [2.05, 4.69) is 15.4 Å². The van der Waals surface area contributed by atoms with Crippen molar-refractivity contribution >= 4 is 17.5 Å². The molecule has 0 heterocycles. The molecule has 2 amide bonds. The summed E-state index contributed by atoms with van der Waals surface area (Å²) in [5.41, 5.74) is 0.0359. The van der Waals surface area contributed by atoms with E-state index >= 15 is 0 Å². The van der Waals surface area contributed by atoms with E-state index in [1.165, 1.54) is 12.1 Å². The number of carbonyl (C=O) groups excluding carboxylic acids is 2. The van der Waals surface area contributed by atoms with Crippen LogP contribution in [0.2, 0.25) is 0 Å². The van der Waals surface area contributed by atoms with Gasteiger partial charge in [0.1, 0.15) is 5.75 Å². The second kappa shape index (κ2) is 8.88. The molecular formula is C17H25F3N3O3+. The van der Waals surface area contributed by atoms with E-state index < -0.39 is 6.36 Å². The van der Waals surface area contributed by atoms with Crippen molar-refractivity contribution in [3.63, 3.8) is 0 Å². The van der Waals surface area contributed by atoms with Gasteiger partial charge in [-0.3, -0.25) is 9.59 Å². The highest BCUT2D eigenvalue weighted by Crippen LogP contribution is 2.23. The molecule has 1 aromatic carbocycles. The first-order valence-electron chi connectivity index (χ1n) is 8.18. The Balaban J connectivity index is 2.47. The molecule has 1 aromatic rings. The number of alkyl halides is 3. The number of nitrogens with one attached hydrogen (secondary N) is 3. The van der Waals surface area contributed by atoms with Crippen molar-refractivity contribution in [3.8, 4) is 5.75 Å². The fourth-order valence-electron chi connectivity index (χ4n) is 2.07. The van der Waals surface area contributed by atoms with Crippen LogP contribution in [-0.4, -0.2) is 43.9 Å². The lowest BCUT2D eigenvalue weighted by molar-refractivity contribution is -0.862. The van der Waals surface area contributed by atoms with E-state index in [1.54, 1.807) is 7.05 Å². The SMILES string of the molecule is CCC(C)(C)NC(=O)C[NH+](C)CC(=O)Nc1ccc(OC(F)(F)F)cc1. The lowest BCUT2D eigenvalue weighted by atomic mass is 10.0. The monoisotopic (exact) mass is 376 g/mol. The van der Waals surface area contributed by atoms with Crippen LogP contribution in [-0.2, 0) is 9.59 Å². The normalized spacial score (nSPS) is 13.0. The van der Waals surface area contributed by atoms with Gasteiger partial charge in [0, 0.05) is 11.2 Å². The Morgan fingerprint density at radius 1 is 1.08 bits per heavy atom. The third-order valence-corrected chi connectivity index (χ3v) is 3.66. The predicted molar refractivity (Wildman–Crippen MR) is 90.9 cm³/mol. The third kappa shape index (κ3) is 8.70. The van der Waals surface area contributed by atoms with Gasteiger partial charge in [-0.25, -0.2) is 0 Å². The van der Waals surface area contributed by atoms with Crippen LogP contribution in [0.5, 0.6) is 5.75 Å². The first kappa shape index (κ1) is 21.8. The molecule has 0 saturated carbocycles. The van der Waals surface area contributed by atoms with Crippen LogP contribution < -0.4 is 20.3 Å². The number of hydrogen-bond acceptors (Lipinski definition) is 3. The van der Waals surface area contributed by atoms with E-state index in [1.807, 2.05) is 20.8 Å². The fourth-order valence-corrected chi connectivity index (χ4v) is 2.07. The number of halogens is 3. The highest BCUT2D eigenvalue weighted by molar-refractivity contribution is 5.91. The number of amides is 2. The summed E-state index contributed by atoms with van der Waals surface area (Å²) in [7, 11) is 1.71. The van der Waals surface area contributed by atoms with Crippen molar-refractivity contribution in [2.24, 2.45) is 0 Å². The van der Waals surface area contributed by atoms with Crippen LogP contribution in [0, 0.1) is 0 Å². The number of carbonyl (C=O) groups is 2. The molecule has 0 saturated heterocycles. The summed E-state index contributed by atoms with van der Waals surface area (Å²) in [6, 6.07) is 4.84. The largest absolute Gasteiger partial charge is 0.573 e. The Hall–Kier alpha value is -2.29. The van der Waals surface area contributed by atoms with E-state index in [9.17, 15) is 22.8 Å². The van der Waals surface area contributed by atoms with Crippen molar-refractivity contribution in [2.45, 2.75) is 39.1 Å². The van der Waals surface area contributed by atoms with Gasteiger partial charge < -0.3 is 20.3 Å². The molecule has 1 atom stereocenters. The minimum Gasteiger partial charge on any atom is -0.406 e. The third-order valence-electron chi connectivity index (χ3n) is 3.66. The molecule has 9 heteroatoms. The molecule has 0 spiro atoms. The molecule has 3 N–H and O–H groups in total. The summed E-state index contributed by atoms with van der Waals surface area (Å²) in [6.07, 6.45) is -3.98. The van der Waals surface area contributed by atoms with E-state index in [0.717, 1.165) is 18.6 Å². The molecule has 0 bridgehead atoms. The van der Waals surface area contributed by atoms with E-state index in [-0.39, 0.29) is 36.2 Å². The maximum absolute atomic E-state index is 12.1. The molecular weight excluding hydrogens is 351 g/mol. The first-order chi connectivity index (χ1) is 11.9. The topological polar surface area (TPSA) is 71.9 Å². The summed E-state index contributed by atoms with van der Waals surface area (Å²) in [4.78, 5) is 24.6. The van der Waals surface area contributed by atoms with Gasteiger partial charge in [0.25, 0.3) is 11.8 Å². The van der Waals surface area contributed by atoms with Crippen LogP contribution in [0.25, 0.3) is 0 Å². The van der Waals surface area contributed by atoms with Crippen LogP contribution >= 0.6 is 0 Å². The van der Waals surface area contributed by atoms with Crippen LogP contribution in [0.15, 0.2) is 24.3 Å². The number of benzene rings is 1. The van der Waals surface area contributed by atoms with E-state index in [0.29, 0.717) is 10.6 Å². The standard InChI is InChI=1S/C17H24F3N3O3/c1-5-16(2,3)22-15(25)11-23(4)10-14(24)21-12-6-8-13(9-7-12)26-17(18,19)20/h6-9H,5,10-11H2,1-4H3,(H,21,24)(H,22,25)/p+1. The predicted octanol–water partition coefficient (Wildman–Crippen LogP) is 1.34. The summed E-state index contributed by atoms with van der Waals surface area (Å²) in [6.45, 7) is 5.98. The second-order valence-electron chi connectivity index (χ2n) is 6.72. The van der Waals surface area contributed by atoms with Gasteiger partial charge in [-0.1, -0.05) is 6.92 Å². The lowest BCUT2D eigenvalue weighted by Gasteiger charge is -2.25. The Morgan fingerprint density at radius 2 is 1.62 bits per heavy atom. The highest BCUT2D eigenvalue weighted by atomic mass is 19.4. The second-order valence-corrected chi connectivity index (χ2v) is 6.72. The Labute approximate surface area is 150 Å². The Kier molecular flexibility index (Phi) is 7.43. The molecule has 1 unspecified atom stereocenters. The zero-order valence-corrected chi connectivity index (χ0v) is 15.3. The molecule has 0 aliphatic rings. The number of ether oxygens (including phenoxy) is 1. The molecule has 26 heavy (non-hydrogen) atoms. The van der Waals surface area contributed by atoms with E-state index in [4.69, 9.17) is 0 Å². The van der Waals surface area contributed by atoms with Crippen molar-refractivity contribution < 1.29 is 32.4 Å². The van der Waals surface area contributed by atoms with Gasteiger partial charge >= 0.3 is 6.36 Å². The summed E-state index contributed by atoms with van der Waals surface area (Å²) >= 11 is 0. The molecule has 1 rings (SSSR count). The zero-order valence-electron chi connectivity index (χ0n) is 15.3. The maximum atomic E-state index is 12.1. The van der Waals surface area contributed by atoms with Crippen molar-refractivity contribution in [1.82, 2.24) is 5.32 Å². The molecule has 0 fully saturated rings. The first-order valence-corrected chi connectivity index (χ1v) is 8.18.